The molecule has 0 fully saturated rings. The van der Waals surface area contributed by atoms with Gasteiger partial charge in [0.15, 0.2) is 11.6 Å². The second-order valence-electron chi connectivity index (χ2n) is 18.0. The largest absolute Gasteiger partial charge is 0.309 e. The Morgan fingerprint density at radius 3 is 1.52 bits per heavy atom. The molecule has 0 saturated heterocycles. The van der Waals surface area contributed by atoms with Gasteiger partial charge in [0.25, 0.3) is 0 Å². The highest BCUT2D eigenvalue weighted by molar-refractivity contribution is 6.29. The van der Waals surface area contributed by atoms with E-state index in [4.69, 9.17) is 15.0 Å². The summed E-state index contributed by atoms with van der Waals surface area (Å²) in [6, 6.07) is 72.4. The number of hydrogen-bond donors (Lipinski definition) is 0. The number of nitrogens with zero attached hydrogens (tertiary/aromatic N) is 5. The molecule has 3 heterocycles. The van der Waals surface area contributed by atoms with Crippen molar-refractivity contribution in [3.05, 3.63) is 211 Å². The molecule has 0 atom stereocenters. The first kappa shape index (κ1) is 36.1. The summed E-state index contributed by atoms with van der Waals surface area (Å²) in [4.78, 5) is 15.9. The minimum atomic E-state index is -0.160. The highest BCUT2D eigenvalue weighted by Gasteiger charge is 2.35. The zero-order chi connectivity index (χ0) is 43.0. The van der Waals surface area contributed by atoms with Crippen molar-refractivity contribution in [2.75, 3.05) is 0 Å². The molecular weight excluding hydrogens is 791 g/mol. The average Bonchev–Trinajstić information content (AvgIpc) is 3.97. The third-order valence-electron chi connectivity index (χ3n) is 14.2. The van der Waals surface area contributed by atoms with E-state index in [1.54, 1.807) is 0 Å². The van der Waals surface area contributed by atoms with Gasteiger partial charge in [0.05, 0.1) is 22.1 Å². The standard InChI is InChI=1S/C60H39N5/c1-60(2)49-25-13-10-22-44(49)45-30-28-37(34-50(45)60)58-61-57(36-16-4-3-5-17-36)62-59(63-58)65-52-27-15-12-24-47(52)56-54(65)33-32-53-55(56)46-23-11-14-26-51(46)64(53)38-29-31-43-41-20-7-6-18-39(41)40-19-8-9-21-42(40)48(43)35-38/h3-35H,1-2H3. The molecule has 0 amide bonds. The summed E-state index contributed by atoms with van der Waals surface area (Å²) in [7, 11) is 0. The van der Waals surface area contributed by atoms with Crippen molar-refractivity contribution in [2.45, 2.75) is 19.3 Å². The lowest BCUT2D eigenvalue weighted by molar-refractivity contribution is 0.660. The minimum absolute atomic E-state index is 0.160. The highest BCUT2D eigenvalue weighted by Crippen LogP contribution is 2.50. The van der Waals surface area contributed by atoms with Gasteiger partial charge in [0.2, 0.25) is 5.95 Å². The Balaban J connectivity index is 1.02. The van der Waals surface area contributed by atoms with Gasteiger partial charge in [-0.2, -0.15) is 9.97 Å². The molecule has 5 nitrogen and oxygen atoms in total. The molecular formula is C60H39N5. The van der Waals surface area contributed by atoms with Crippen molar-refractivity contribution >= 4 is 75.9 Å². The lowest BCUT2D eigenvalue weighted by atomic mass is 9.82. The minimum Gasteiger partial charge on any atom is -0.309 e. The van der Waals surface area contributed by atoms with Crippen molar-refractivity contribution < 1.29 is 0 Å². The van der Waals surface area contributed by atoms with E-state index in [-0.39, 0.29) is 5.41 Å². The molecule has 65 heavy (non-hydrogen) atoms. The molecule has 0 bridgehead atoms. The van der Waals surface area contributed by atoms with E-state index in [9.17, 15) is 0 Å². The summed E-state index contributed by atoms with van der Waals surface area (Å²) in [6.45, 7) is 4.63. The van der Waals surface area contributed by atoms with Gasteiger partial charge in [0, 0.05) is 43.8 Å². The first-order chi connectivity index (χ1) is 32.0. The second-order valence-corrected chi connectivity index (χ2v) is 18.0. The summed E-state index contributed by atoms with van der Waals surface area (Å²) in [5.41, 5.74) is 12.4. The molecule has 1 aliphatic rings. The number of fused-ring (bicyclic) bond motifs is 16. The smallest absolute Gasteiger partial charge is 0.238 e. The van der Waals surface area contributed by atoms with E-state index < -0.39 is 0 Å². The van der Waals surface area contributed by atoms with Crippen LogP contribution in [0.15, 0.2) is 200 Å². The Bertz CT molecular complexity index is 4120. The van der Waals surface area contributed by atoms with Crippen molar-refractivity contribution in [1.29, 1.82) is 0 Å². The van der Waals surface area contributed by atoms with E-state index in [1.165, 1.54) is 70.7 Å². The molecule has 5 heteroatoms. The molecule has 1 aliphatic carbocycles. The molecule has 0 saturated carbocycles. The molecule has 0 radical (unpaired) electrons. The first-order valence-corrected chi connectivity index (χ1v) is 22.4. The molecule has 3 aromatic heterocycles. The van der Waals surface area contributed by atoms with Gasteiger partial charge in [0.1, 0.15) is 0 Å². The maximum absolute atomic E-state index is 5.40. The lowest BCUT2D eigenvalue weighted by Crippen LogP contribution is -2.15. The number of para-hydroxylation sites is 2. The fourth-order valence-corrected chi connectivity index (χ4v) is 11.2. The summed E-state index contributed by atoms with van der Waals surface area (Å²) >= 11 is 0. The summed E-state index contributed by atoms with van der Waals surface area (Å²) < 4.78 is 4.69. The zero-order valence-corrected chi connectivity index (χ0v) is 35.8. The van der Waals surface area contributed by atoms with E-state index in [0.29, 0.717) is 17.6 Å². The summed E-state index contributed by atoms with van der Waals surface area (Å²) in [6.07, 6.45) is 0. The van der Waals surface area contributed by atoms with E-state index in [1.807, 2.05) is 18.2 Å². The lowest BCUT2D eigenvalue weighted by Gasteiger charge is -2.21. The monoisotopic (exact) mass is 829 g/mol. The van der Waals surface area contributed by atoms with Crippen LogP contribution in [-0.2, 0) is 5.41 Å². The molecule has 13 aromatic rings. The number of rotatable bonds is 4. The molecule has 10 aromatic carbocycles. The van der Waals surface area contributed by atoms with Gasteiger partial charge in [-0.05, 0) is 97.0 Å². The normalized spacial score (nSPS) is 13.2. The van der Waals surface area contributed by atoms with Crippen LogP contribution in [-0.4, -0.2) is 24.1 Å². The Morgan fingerprint density at radius 1 is 0.338 bits per heavy atom. The summed E-state index contributed by atoms with van der Waals surface area (Å²) in [5.74, 6) is 1.86. The quantitative estimate of drug-likeness (QED) is 0.166. The van der Waals surface area contributed by atoms with Crippen molar-refractivity contribution in [1.82, 2.24) is 24.1 Å². The SMILES string of the molecule is CC1(C)c2ccccc2-c2ccc(-c3nc(-c4ccccc4)nc(-n4c5ccccc5c5c6c7ccccc7n(-c7ccc8c9ccccc9c9ccccc9c8c7)c6ccc54)n3)cc21. The Morgan fingerprint density at radius 2 is 0.846 bits per heavy atom. The van der Waals surface area contributed by atoms with Crippen LogP contribution in [0.4, 0.5) is 0 Å². The Hall–Kier alpha value is -8.41. The number of aromatic nitrogens is 5. The van der Waals surface area contributed by atoms with Crippen LogP contribution in [0, 0.1) is 0 Å². The molecule has 304 valence electrons. The fourth-order valence-electron chi connectivity index (χ4n) is 11.2. The van der Waals surface area contributed by atoms with Gasteiger partial charge in [-0.25, -0.2) is 4.98 Å². The predicted octanol–water partition coefficient (Wildman–Crippen LogP) is 15.2. The van der Waals surface area contributed by atoms with Gasteiger partial charge in [-0.15, -0.1) is 0 Å². The van der Waals surface area contributed by atoms with Crippen LogP contribution in [0.3, 0.4) is 0 Å². The van der Waals surface area contributed by atoms with Crippen molar-refractivity contribution in [2.24, 2.45) is 0 Å². The van der Waals surface area contributed by atoms with Crippen LogP contribution in [0.1, 0.15) is 25.0 Å². The maximum atomic E-state index is 5.40. The van der Waals surface area contributed by atoms with Crippen LogP contribution in [0.5, 0.6) is 0 Å². The topological polar surface area (TPSA) is 48.5 Å². The Labute approximate surface area is 374 Å². The van der Waals surface area contributed by atoms with Gasteiger partial charge >= 0.3 is 0 Å². The number of benzene rings is 10. The zero-order valence-electron chi connectivity index (χ0n) is 35.8. The van der Waals surface area contributed by atoms with Crippen molar-refractivity contribution in [3.63, 3.8) is 0 Å². The van der Waals surface area contributed by atoms with E-state index in [0.717, 1.165) is 44.3 Å². The van der Waals surface area contributed by atoms with E-state index in [2.05, 4.69) is 205 Å². The van der Waals surface area contributed by atoms with Crippen LogP contribution in [0.2, 0.25) is 0 Å². The second kappa shape index (κ2) is 13.3. The molecule has 0 aliphatic heterocycles. The average molecular weight is 830 g/mol. The van der Waals surface area contributed by atoms with Gasteiger partial charge < -0.3 is 4.57 Å². The number of hydrogen-bond acceptors (Lipinski definition) is 3. The predicted molar refractivity (Wildman–Crippen MR) is 269 cm³/mol. The third kappa shape index (κ3) is 5.06. The molecule has 14 rings (SSSR count). The molecule has 0 N–H and O–H groups in total. The molecule has 0 unspecified atom stereocenters. The van der Waals surface area contributed by atoms with Gasteiger partial charge in [-0.3, -0.25) is 4.57 Å². The van der Waals surface area contributed by atoms with Crippen LogP contribution < -0.4 is 0 Å². The van der Waals surface area contributed by atoms with E-state index >= 15 is 0 Å². The third-order valence-corrected chi connectivity index (χ3v) is 14.2. The summed E-state index contributed by atoms with van der Waals surface area (Å²) in [5, 5.41) is 12.3. The fraction of sp³-hybridized carbons (Fsp3) is 0.0500. The maximum Gasteiger partial charge on any atom is 0.238 e. The Kier molecular flexibility index (Phi) is 7.39. The van der Waals surface area contributed by atoms with Gasteiger partial charge in [-0.1, -0.05) is 172 Å². The highest BCUT2D eigenvalue weighted by atomic mass is 15.2. The first-order valence-electron chi connectivity index (χ1n) is 22.4. The molecule has 0 spiro atoms. The van der Waals surface area contributed by atoms with Crippen molar-refractivity contribution in [3.8, 4) is 45.5 Å². The van der Waals surface area contributed by atoms with Crippen LogP contribution in [0.25, 0.3) is 121 Å². The van der Waals surface area contributed by atoms with Crippen LogP contribution >= 0.6 is 0 Å².